The van der Waals surface area contributed by atoms with Gasteiger partial charge in [0.2, 0.25) is 5.91 Å². The van der Waals surface area contributed by atoms with Crippen LogP contribution in [-0.4, -0.2) is 16.6 Å². The van der Waals surface area contributed by atoms with Crippen LogP contribution < -0.4 is 5.32 Å². The van der Waals surface area contributed by atoms with Crippen molar-refractivity contribution in [2.45, 2.75) is 45.1 Å². The van der Waals surface area contributed by atoms with Gasteiger partial charge in [0.15, 0.2) is 0 Å². The third-order valence-electron chi connectivity index (χ3n) is 3.91. The van der Waals surface area contributed by atoms with Crippen molar-refractivity contribution in [2.75, 3.05) is 11.1 Å². The molecule has 25 heavy (non-hydrogen) atoms. The average Bonchev–Trinajstić information content (AvgIpc) is 2.58. The van der Waals surface area contributed by atoms with Crippen molar-refractivity contribution in [3.05, 3.63) is 52.7 Å². The van der Waals surface area contributed by atoms with Crippen LogP contribution in [0.5, 0.6) is 0 Å². The number of hydrogen-bond donors (Lipinski definition) is 1. The SMILES string of the molecule is Cc1cccc(C)c1NC(=O)CCSc1nc(C(C)C)ccc1C#N. The highest BCUT2D eigenvalue weighted by Crippen LogP contribution is 2.24. The van der Waals surface area contributed by atoms with Crippen LogP contribution in [0.1, 0.15) is 48.6 Å². The molecule has 0 spiro atoms. The Kier molecular flexibility index (Phi) is 6.60. The van der Waals surface area contributed by atoms with E-state index in [0.717, 1.165) is 22.5 Å². The van der Waals surface area contributed by atoms with Crippen molar-refractivity contribution in [3.8, 4) is 6.07 Å². The zero-order valence-corrected chi connectivity index (χ0v) is 15.9. The number of para-hydroxylation sites is 1. The second-order valence-electron chi connectivity index (χ2n) is 6.27. The third-order valence-corrected chi connectivity index (χ3v) is 4.90. The van der Waals surface area contributed by atoms with E-state index < -0.39 is 0 Å². The minimum absolute atomic E-state index is 0.0246. The van der Waals surface area contributed by atoms with Gasteiger partial charge in [-0.05, 0) is 43.0 Å². The molecule has 1 heterocycles. The molecule has 5 heteroatoms. The largest absolute Gasteiger partial charge is 0.326 e. The van der Waals surface area contributed by atoms with Crippen LogP contribution in [0.3, 0.4) is 0 Å². The fourth-order valence-electron chi connectivity index (χ4n) is 2.43. The van der Waals surface area contributed by atoms with Crippen LogP contribution in [0.2, 0.25) is 0 Å². The summed E-state index contributed by atoms with van der Waals surface area (Å²) in [6, 6.07) is 11.8. The lowest BCUT2D eigenvalue weighted by molar-refractivity contribution is -0.115. The van der Waals surface area contributed by atoms with Crippen molar-refractivity contribution in [1.29, 1.82) is 5.26 Å². The molecule has 1 aromatic heterocycles. The lowest BCUT2D eigenvalue weighted by Crippen LogP contribution is -2.14. The summed E-state index contributed by atoms with van der Waals surface area (Å²) in [5, 5.41) is 12.9. The number of aromatic nitrogens is 1. The lowest BCUT2D eigenvalue weighted by Gasteiger charge is -2.12. The van der Waals surface area contributed by atoms with Crippen molar-refractivity contribution >= 4 is 23.4 Å². The fourth-order valence-corrected chi connectivity index (χ4v) is 3.35. The Labute approximate surface area is 153 Å². The van der Waals surface area contributed by atoms with Gasteiger partial charge in [0, 0.05) is 23.6 Å². The molecular weight excluding hydrogens is 330 g/mol. The highest BCUT2D eigenvalue weighted by molar-refractivity contribution is 7.99. The maximum Gasteiger partial charge on any atom is 0.225 e. The van der Waals surface area contributed by atoms with E-state index in [4.69, 9.17) is 0 Å². The number of rotatable bonds is 6. The zero-order valence-electron chi connectivity index (χ0n) is 15.1. The molecule has 1 amide bonds. The van der Waals surface area contributed by atoms with E-state index in [0.29, 0.717) is 28.7 Å². The topological polar surface area (TPSA) is 65.8 Å². The first kappa shape index (κ1) is 19.0. The van der Waals surface area contributed by atoms with E-state index in [-0.39, 0.29) is 5.91 Å². The monoisotopic (exact) mass is 353 g/mol. The summed E-state index contributed by atoms with van der Waals surface area (Å²) < 4.78 is 0. The van der Waals surface area contributed by atoms with Gasteiger partial charge in [0.1, 0.15) is 11.1 Å². The van der Waals surface area contributed by atoms with Gasteiger partial charge in [0.05, 0.1) is 5.56 Å². The smallest absolute Gasteiger partial charge is 0.225 e. The Morgan fingerprint density at radius 2 is 1.92 bits per heavy atom. The number of thioether (sulfide) groups is 1. The van der Waals surface area contributed by atoms with Gasteiger partial charge in [0.25, 0.3) is 0 Å². The molecule has 4 nitrogen and oxygen atoms in total. The molecule has 0 fully saturated rings. The van der Waals surface area contributed by atoms with Crippen LogP contribution in [0.25, 0.3) is 0 Å². The molecular formula is C20H23N3OS. The zero-order chi connectivity index (χ0) is 18.4. The first-order chi connectivity index (χ1) is 11.9. The Hall–Kier alpha value is -2.32. The molecule has 130 valence electrons. The number of anilines is 1. The van der Waals surface area contributed by atoms with Gasteiger partial charge < -0.3 is 5.32 Å². The molecule has 0 saturated heterocycles. The molecule has 0 saturated carbocycles. The minimum Gasteiger partial charge on any atom is -0.326 e. The Morgan fingerprint density at radius 3 is 2.52 bits per heavy atom. The molecule has 0 bridgehead atoms. The highest BCUT2D eigenvalue weighted by Gasteiger charge is 2.11. The number of carbonyl (C=O) groups excluding carboxylic acids is 1. The maximum atomic E-state index is 12.2. The number of hydrogen-bond acceptors (Lipinski definition) is 4. The number of aryl methyl sites for hydroxylation is 2. The van der Waals surface area contributed by atoms with Gasteiger partial charge in [-0.2, -0.15) is 5.26 Å². The van der Waals surface area contributed by atoms with Gasteiger partial charge in [-0.15, -0.1) is 11.8 Å². The Morgan fingerprint density at radius 1 is 1.24 bits per heavy atom. The van der Waals surface area contributed by atoms with Crippen molar-refractivity contribution in [2.24, 2.45) is 0 Å². The molecule has 1 aromatic carbocycles. The number of benzene rings is 1. The second kappa shape index (κ2) is 8.68. The molecule has 2 rings (SSSR count). The van der Waals surface area contributed by atoms with Crippen LogP contribution in [-0.2, 0) is 4.79 Å². The third kappa shape index (κ3) is 5.07. The first-order valence-electron chi connectivity index (χ1n) is 8.32. The summed E-state index contributed by atoms with van der Waals surface area (Å²) >= 11 is 1.46. The number of nitrogens with zero attached hydrogens (tertiary/aromatic N) is 2. The van der Waals surface area contributed by atoms with Crippen molar-refractivity contribution in [1.82, 2.24) is 4.98 Å². The van der Waals surface area contributed by atoms with E-state index in [2.05, 4.69) is 30.2 Å². The van der Waals surface area contributed by atoms with Crippen LogP contribution in [0.4, 0.5) is 5.69 Å². The van der Waals surface area contributed by atoms with E-state index in [1.54, 1.807) is 6.07 Å². The molecule has 0 aliphatic carbocycles. The normalized spacial score (nSPS) is 10.6. The van der Waals surface area contributed by atoms with Gasteiger partial charge in [-0.3, -0.25) is 4.79 Å². The summed E-state index contributed by atoms with van der Waals surface area (Å²) in [7, 11) is 0. The second-order valence-corrected chi connectivity index (χ2v) is 7.35. The average molecular weight is 353 g/mol. The molecule has 2 aromatic rings. The van der Waals surface area contributed by atoms with Gasteiger partial charge in [-0.25, -0.2) is 4.98 Å². The van der Waals surface area contributed by atoms with Crippen LogP contribution in [0.15, 0.2) is 35.4 Å². The van der Waals surface area contributed by atoms with Crippen LogP contribution in [0, 0.1) is 25.2 Å². The highest BCUT2D eigenvalue weighted by atomic mass is 32.2. The van der Waals surface area contributed by atoms with Gasteiger partial charge >= 0.3 is 0 Å². The van der Waals surface area contributed by atoms with E-state index in [1.807, 2.05) is 38.1 Å². The summed E-state index contributed by atoms with van der Waals surface area (Å²) in [5.41, 5.74) is 4.51. The van der Waals surface area contributed by atoms with Crippen molar-refractivity contribution in [3.63, 3.8) is 0 Å². The molecule has 0 aliphatic heterocycles. The van der Waals surface area contributed by atoms with Crippen LogP contribution >= 0.6 is 11.8 Å². The standard InChI is InChI=1S/C20H23N3OS/c1-13(2)17-9-8-16(12-21)20(22-17)25-11-10-18(24)23-19-14(3)6-5-7-15(19)4/h5-9,13H,10-11H2,1-4H3,(H,23,24). The number of pyridine rings is 1. The van der Waals surface area contributed by atoms with Gasteiger partial charge in [-0.1, -0.05) is 32.0 Å². The molecule has 1 N–H and O–H groups in total. The summed E-state index contributed by atoms with van der Waals surface area (Å²) in [5.74, 6) is 0.864. The van der Waals surface area contributed by atoms with E-state index in [1.165, 1.54) is 11.8 Å². The first-order valence-corrected chi connectivity index (χ1v) is 9.30. The number of carbonyl (C=O) groups is 1. The van der Waals surface area contributed by atoms with Crippen molar-refractivity contribution < 1.29 is 4.79 Å². The molecule has 0 radical (unpaired) electrons. The maximum absolute atomic E-state index is 12.2. The number of amides is 1. The van der Waals surface area contributed by atoms with E-state index in [9.17, 15) is 10.1 Å². The lowest BCUT2D eigenvalue weighted by atomic mass is 10.1. The number of nitrogens with one attached hydrogen (secondary N) is 1. The Balaban J connectivity index is 1.97. The summed E-state index contributed by atoms with van der Waals surface area (Å²) in [4.78, 5) is 16.8. The quantitative estimate of drug-likeness (QED) is 0.757. The minimum atomic E-state index is -0.0246. The predicted molar refractivity (Wildman–Crippen MR) is 103 cm³/mol. The molecule has 0 unspecified atom stereocenters. The van der Waals surface area contributed by atoms with E-state index >= 15 is 0 Å². The predicted octanol–water partition coefficient (Wildman–Crippen LogP) is 4.81. The summed E-state index contributed by atoms with van der Waals surface area (Å²) in [6.45, 7) is 8.11. The fraction of sp³-hybridized carbons (Fsp3) is 0.350. The molecule has 0 atom stereocenters. The number of nitriles is 1. The Bertz CT molecular complexity index is 789. The summed E-state index contributed by atoms with van der Waals surface area (Å²) in [6.07, 6.45) is 0.372. The molecule has 0 aliphatic rings.